The molecule has 1 aliphatic heterocycles. The van der Waals surface area contributed by atoms with Gasteiger partial charge in [0.15, 0.2) is 5.82 Å². The maximum absolute atomic E-state index is 13.3. The zero-order chi connectivity index (χ0) is 27.6. The highest BCUT2D eigenvalue weighted by molar-refractivity contribution is 7.89. The monoisotopic (exact) mass is 547 g/mol. The third kappa shape index (κ3) is 5.70. The first-order chi connectivity index (χ1) is 18.7. The van der Waals surface area contributed by atoms with Crippen LogP contribution in [-0.2, 0) is 16.6 Å². The number of halogens is 1. The van der Waals surface area contributed by atoms with Crippen molar-refractivity contribution in [2.45, 2.75) is 18.4 Å². The smallest absolute Gasteiger partial charge is 0.270 e. The number of non-ortho nitro benzene ring substituents is 1. The number of sulfonamides is 1. The zero-order valence-electron chi connectivity index (χ0n) is 21.2. The first-order valence-corrected chi connectivity index (χ1v) is 13.8. The fraction of sp³-hybridized carbons (Fsp3) is 0.214. The fourth-order valence-electron chi connectivity index (χ4n) is 4.61. The summed E-state index contributed by atoms with van der Waals surface area (Å²) in [4.78, 5) is 22.8. The quantitative estimate of drug-likeness (QED) is 0.244. The molecule has 0 atom stereocenters. The van der Waals surface area contributed by atoms with Crippen LogP contribution in [-0.4, -0.2) is 58.7 Å². The van der Waals surface area contributed by atoms with E-state index in [-0.39, 0.29) is 23.7 Å². The lowest BCUT2D eigenvalue weighted by Gasteiger charge is -2.34. The Kier molecular flexibility index (Phi) is 7.47. The van der Waals surface area contributed by atoms with Crippen LogP contribution in [0.5, 0.6) is 0 Å². The largest absolute Gasteiger partial charge is 0.296 e. The molecule has 0 spiro atoms. The van der Waals surface area contributed by atoms with Crippen LogP contribution in [0.4, 0.5) is 10.1 Å². The van der Waals surface area contributed by atoms with Gasteiger partial charge in [-0.2, -0.15) is 4.31 Å². The zero-order valence-corrected chi connectivity index (χ0v) is 22.0. The molecule has 1 aromatic heterocycles. The van der Waals surface area contributed by atoms with Gasteiger partial charge in [-0.05, 0) is 31.2 Å². The predicted octanol–water partition coefficient (Wildman–Crippen LogP) is 4.67. The Morgan fingerprint density at radius 3 is 2.23 bits per heavy atom. The average molecular weight is 548 g/mol. The number of nitro benzene ring substituents is 1. The summed E-state index contributed by atoms with van der Waals surface area (Å²) < 4.78 is 40.7. The molecule has 0 aliphatic carbocycles. The van der Waals surface area contributed by atoms with E-state index in [2.05, 4.69) is 4.90 Å². The Morgan fingerprint density at radius 2 is 1.56 bits per heavy atom. The number of rotatable bonds is 7. The van der Waals surface area contributed by atoms with Gasteiger partial charge in [0.2, 0.25) is 10.0 Å². The van der Waals surface area contributed by atoms with E-state index in [1.54, 1.807) is 12.1 Å². The summed E-state index contributed by atoms with van der Waals surface area (Å²) in [5.41, 5.74) is 3.58. The molecule has 1 fully saturated rings. The summed E-state index contributed by atoms with van der Waals surface area (Å²) in [5.74, 6) is 0.0303. The molecular weight excluding hydrogens is 521 g/mol. The van der Waals surface area contributed by atoms with Crippen molar-refractivity contribution in [3.05, 3.63) is 106 Å². The molecule has 9 nitrogen and oxygen atoms in total. The van der Waals surface area contributed by atoms with Crippen LogP contribution in [0.2, 0.25) is 0 Å². The van der Waals surface area contributed by atoms with Crippen molar-refractivity contribution in [3.63, 3.8) is 0 Å². The molecule has 1 aliphatic rings. The fourth-order valence-corrected chi connectivity index (χ4v) is 6.04. The molecule has 0 radical (unpaired) electrons. The highest BCUT2D eigenvalue weighted by atomic mass is 32.2. The molecule has 0 N–H and O–H groups in total. The molecule has 1 saturated heterocycles. The normalized spacial score (nSPS) is 14.8. The van der Waals surface area contributed by atoms with E-state index < -0.39 is 20.8 Å². The Balaban J connectivity index is 1.43. The number of piperazine rings is 1. The maximum atomic E-state index is 13.3. The third-order valence-corrected chi connectivity index (χ3v) is 8.65. The second-order valence-corrected chi connectivity index (χ2v) is 11.2. The minimum atomic E-state index is -3.73. The number of aryl methyl sites for hydroxylation is 1. The highest BCUT2D eigenvalue weighted by Crippen LogP contribution is 2.30. The molecule has 3 aromatic carbocycles. The number of nitrogens with zero attached hydrogens (tertiary/aromatic N) is 5. The second-order valence-electron chi connectivity index (χ2n) is 9.27. The van der Waals surface area contributed by atoms with Crippen LogP contribution in [0.15, 0.2) is 83.8 Å². The molecular formula is C28H26FN5O4S. The molecule has 39 heavy (non-hydrogen) atoms. The summed E-state index contributed by atoms with van der Waals surface area (Å²) in [7, 11) is -3.73. The minimum Gasteiger partial charge on any atom is -0.296 e. The van der Waals surface area contributed by atoms with Gasteiger partial charge in [0.25, 0.3) is 5.69 Å². The van der Waals surface area contributed by atoms with E-state index in [4.69, 9.17) is 9.97 Å². The lowest BCUT2D eigenvalue weighted by atomic mass is 10.0. The first kappa shape index (κ1) is 26.5. The molecule has 0 unspecified atom stereocenters. The number of benzene rings is 3. The van der Waals surface area contributed by atoms with Crippen molar-refractivity contribution < 1.29 is 17.7 Å². The maximum Gasteiger partial charge on any atom is 0.270 e. The second kappa shape index (κ2) is 11.0. The predicted molar refractivity (Wildman–Crippen MR) is 145 cm³/mol. The lowest BCUT2D eigenvalue weighted by Crippen LogP contribution is -2.48. The Labute approximate surface area is 225 Å². The van der Waals surface area contributed by atoms with E-state index in [0.29, 0.717) is 36.7 Å². The summed E-state index contributed by atoms with van der Waals surface area (Å²) >= 11 is 0. The number of aromatic nitrogens is 2. The number of nitro groups is 1. The standard InChI is InChI=1S/C28H26FN5O4S/c1-20-26(19-32-14-16-33(17-15-32)39(37,38)25-12-10-23(29)11-13-25)27(22-8-5-9-24(18-22)34(35)36)31-28(30-20)21-6-3-2-4-7-21/h2-13,18H,14-17,19H2,1H3. The molecule has 11 heteroatoms. The third-order valence-electron chi connectivity index (χ3n) is 6.74. The van der Waals surface area contributed by atoms with Crippen LogP contribution in [0.1, 0.15) is 11.3 Å². The summed E-state index contributed by atoms with van der Waals surface area (Å²) in [5, 5.41) is 11.5. The van der Waals surface area contributed by atoms with Crippen LogP contribution in [0, 0.1) is 22.9 Å². The Morgan fingerprint density at radius 1 is 0.897 bits per heavy atom. The molecule has 4 aromatic rings. The molecule has 0 amide bonds. The van der Waals surface area contributed by atoms with E-state index in [9.17, 15) is 22.9 Å². The van der Waals surface area contributed by atoms with Crippen molar-refractivity contribution in [2.75, 3.05) is 26.2 Å². The van der Waals surface area contributed by atoms with Crippen molar-refractivity contribution >= 4 is 15.7 Å². The SMILES string of the molecule is Cc1nc(-c2ccccc2)nc(-c2cccc([N+](=O)[O-])c2)c1CN1CCN(S(=O)(=O)c2ccc(F)cc2)CC1. The van der Waals surface area contributed by atoms with Gasteiger partial charge < -0.3 is 0 Å². The first-order valence-electron chi connectivity index (χ1n) is 12.4. The van der Waals surface area contributed by atoms with Gasteiger partial charge in [0.1, 0.15) is 5.82 Å². The van der Waals surface area contributed by atoms with Crippen molar-refractivity contribution in [3.8, 4) is 22.6 Å². The van der Waals surface area contributed by atoms with Crippen LogP contribution >= 0.6 is 0 Å². The van der Waals surface area contributed by atoms with Crippen LogP contribution in [0.25, 0.3) is 22.6 Å². The van der Waals surface area contributed by atoms with Gasteiger partial charge in [0, 0.05) is 67.2 Å². The van der Waals surface area contributed by atoms with Crippen LogP contribution in [0.3, 0.4) is 0 Å². The van der Waals surface area contributed by atoms with Gasteiger partial charge in [-0.1, -0.05) is 42.5 Å². The molecule has 2 heterocycles. The molecule has 0 bridgehead atoms. The molecule has 0 saturated carbocycles. The van der Waals surface area contributed by atoms with Crippen LogP contribution < -0.4 is 0 Å². The van der Waals surface area contributed by atoms with Crippen molar-refractivity contribution in [1.29, 1.82) is 0 Å². The van der Waals surface area contributed by atoms with E-state index in [0.717, 1.165) is 29.0 Å². The Bertz CT molecular complexity index is 1610. The molecule has 200 valence electrons. The van der Waals surface area contributed by atoms with E-state index >= 15 is 0 Å². The highest BCUT2D eigenvalue weighted by Gasteiger charge is 2.29. The van der Waals surface area contributed by atoms with Crippen molar-refractivity contribution in [2.24, 2.45) is 0 Å². The lowest BCUT2D eigenvalue weighted by molar-refractivity contribution is -0.384. The van der Waals surface area contributed by atoms with Gasteiger partial charge in [-0.25, -0.2) is 22.8 Å². The summed E-state index contributed by atoms with van der Waals surface area (Å²) in [6, 6.07) is 20.7. The van der Waals surface area contributed by atoms with Gasteiger partial charge in [-0.15, -0.1) is 0 Å². The number of hydrogen-bond acceptors (Lipinski definition) is 7. The summed E-state index contributed by atoms with van der Waals surface area (Å²) in [6.45, 7) is 3.81. The number of hydrogen-bond donors (Lipinski definition) is 0. The van der Waals surface area contributed by atoms with Crippen molar-refractivity contribution in [1.82, 2.24) is 19.2 Å². The minimum absolute atomic E-state index is 0.0319. The van der Waals surface area contributed by atoms with Gasteiger partial charge in [-0.3, -0.25) is 15.0 Å². The van der Waals surface area contributed by atoms with Gasteiger partial charge >= 0.3 is 0 Å². The summed E-state index contributed by atoms with van der Waals surface area (Å²) in [6.07, 6.45) is 0. The average Bonchev–Trinajstić information content (AvgIpc) is 2.95. The Hall–Kier alpha value is -4.06. The molecule has 5 rings (SSSR count). The van der Waals surface area contributed by atoms with Gasteiger partial charge in [0.05, 0.1) is 15.5 Å². The topological polar surface area (TPSA) is 110 Å². The van der Waals surface area contributed by atoms with E-state index in [1.807, 2.05) is 37.3 Å². The van der Waals surface area contributed by atoms with E-state index in [1.165, 1.54) is 28.6 Å².